The monoisotopic (exact) mass is 403 g/mol. The van der Waals surface area contributed by atoms with Crippen LogP contribution in [0, 0.1) is 0 Å². The molecule has 0 atom stereocenters. The van der Waals surface area contributed by atoms with E-state index in [1.54, 1.807) is 0 Å². The zero-order chi connectivity index (χ0) is 20.2. The third-order valence-electron chi connectivity index (χ3n) is 4.64. The van der Waals surface area contributed by atoms with Gasteiger partial charge in [0.15, 0.2) is 11.0 Å². The summed E-state index contributed by atoms with van der Waals surface area (Å²) in [6.45, 7) is 2.78. The van der Waals surface area contributed by atoms with Crippen LogP contribution in [0.2, 0.25) is 0 Å². The summed E-state index contributed by atoms with van der Waals surface area (Å²) in [5.41, 5.74) is 9.11. The molecule has 2 heterocycles. The second-order valence-electron chi connectivity index (χ2n) is 6.55. The third kappa shape index (κ3) is 4.00. The van der Waals surface area contributed by atoms with Gasteiger partial charge in [-0.3, -0.25) is 4.79 Å². The van der Waals surface area contributed by atoms with E-state index in [-0.39, 0.29) is 5.91 Å². The first-order valence-corrected chi connectivity index (χ1v) is 10.5. The number of pyridine rings is 1. The van der Waals surface area contributed by atoms with E-state index in [0.717, 1.165) is 45.2 Å². The standard InChI is InChI=1S/C22H21N5OS/c1-2-27-21(25-26-22(27)29-13-12-20(23)28)17-14-19(15-8-4-3-5-9-15)24-18-11-7-6-10-16(17)18/h3-11,14H,2,12-13H2,1H3,(H2,23,28). The summed E-state index contributed by atoms with van der Waals surface area (Å²) in [5.74, 6) is 1.07. The van der Waals surface area contributed by atoms with Crippen LogP contribution in [-0.4, -0.2) is 31.4 Å². The Morgan fingerprint density at radius 1 is 1.07 bits per heavy atom. The lowest BCUT2D eigenvalue weighted by atomic mass is 10.0. The number of amides is 1. The fourth-order valence-corrected chi connectivity index (χ4v) is 4.20. The molecular formula is C22H21N5OS. The van der Waals surface area contributed by atoms with Crippen molar-refractivity contribution >= 4 is 28.6 Å². The average molecular weight is 404 g/mol. The van der Waals surface area contributed by atoms with E-state index in [1.165, 1.54) is 11.8 Å². The summed E-state index contributed by atoms with van der Waals surface area (Å²) >= 11 is 1.49. The molecule has 0 spiro atoms. The fourth-order valence-electron chi connectivity index (χ4n) is 3.24. The molecule has 0 aliphatic heterocycles. The van der Waals surface area contributed by atoms with Gasteiger partial charge in [0.2, 0.25) is 5.91 Å². The Labute approximate surface area is 173 Å². The molecule has 0 fully saturated rings. The van der Waals surface area contributed by atoms with Crippen molar-refractivity contribution in [3.8, 4) is 22.6 Å². The number of carbonyl (C=O) groups is 1. The number of hydrogen-bond donors (Lipinski definition) is 1. The van der Waals surface area contributed by atoms with Gasteiger partial charge in [-0.1, -0.05) is 60.3 Å². The molecule has 0 saturated carbocycles. The van der Waals surface area contributed by atoms with Gasteiger partial charge in [-0.25, -0.2) is 4.98 Å². The molecule has 0 unspecified atom stereocenters. The van der Waals surface area contributed by atoms with Crippen molar-refractivity contribution in [1.82, 2.24) is 19.7 Å². The van der Waals surface area contributed by atoms with Crippen LogP contribution in [0.15, 0.2) is 65.8 Å². The number of nitrogens with two attached hydrogens (primary N) is 1. The van der Waals surface area contributed by atoms with Crippen LogP contribution >= 0.6 is 11.8 Å². The zero-order valence-corrected chi connectivity index (χ0v) is 16.9. The predicted molar refractivity (Wildman–Crippen MR) is 116 cm³/mol. The predicted octanol–water partition coefficient (Wildman–Crippen LogP) is 4.15. The molecule has 2 aromatic carbocycles. The molecule has 146 valence electrons. The van der Waals surface area contributed by atoms with E-state index in [4.69, 9.17) is 10.7 Å². The minimum absolute atomic E-state index is 0.312. The number of rotatable bonds is 7. The molecule has 2 aromatic heterocycles. The lowest BCUT2D eigenvalue weighted by Gasteiger charge is -2.11. The van der Waals surface area contributed by atoms with Crippen molar-refractivity contribution in [2.45, 2.75) is 25.0 Å². The van der Waals surface area contributed by atoms with Crippen LogP contribution < -0.4 is 5.73 Å². The molecule has 2 N–H and O–H groups in total. The maximum Gasteiger partial charge on any atom is 0.218 e. The maximum absolute atomic E-state index is 11.0. The third-order valence-corrected chi connectivity index (χ3v) is 5.61. The van der Waals surface area contributed by atoms with Crippen LogP contribution in [0.4, 0.5) is 0 Å². The number of hydrogen-bond acceptors (Lipinski definition) is 5. The summed E-state index contributed by atoms with van der Waals surface area (Å²) in [6, 6.07) is 20.3. The van der Waals surface area contributed by atoms with Crippen LogP contribution in [0.5, 0.6) is 0 Å². The normalized spacial score (nSPS) is 11.1. The number of aromatic nitrogens is 4. The highest BCUT2D eigenvalue weighted by molar-refractivity contribution is 7.99. The van der Waals surface area contributed by atoms with Gasteiger partial charge < -0.3 is 10.3 Å². The van der Waals surface area contributed by atoms with E-state index in [1.807, 2.05) is 36.4 Å². The van der Waals surface area contributed by atoms with Gasteiger partial charge in [0.05, 0.1) is 11.2 Å². The van der Waals surface area contributed by atoms with Gasteiger partial charge in [-0.15, -0.1) is 10.2 Å². The molecule has 4 aromatic rings. The van der Waals surface area contributed by atoms with Crippen molar-refractivity contribution in [2.75, 3.05) is 5.75 Å². The minimum atomic E-state index is -0.312. The molecule has 0 aliphatic rings. The van der Waals surface area contributed by atoms with E-state index in [2.05, 4.69) is 46.0 Å². The lowest BCUT2D eigenvalue weighted by Crippen LogP contribution is -2.11. The first kappa shape index (κ1) is 19.1. The highest BCUT2D eigenvalue weighted by Crippen LogP contribution is 2.33. The Morgan fingerprint density at radius 2 is 1.83 bits per heavy atom. The average Bonchev–Trinajstić information content (AvgIpc) is 3.16. The second kappa shape index (κ2) is 8.45. The molecule has 6 nitrogen and oxygen atoms in total. The Morgan fingerprint density at radius 3 is 2.59 bits per heavy atom. The summed E-state index contributed by atoms with van der Waals surface area (Å²) in [6.07, 6.45) is 0.312. The molecule has 0 saturated heterocycles. The summed E-state index contributed by atoms with van der Waals surface area (Å²) in [7, 11) is 0. The van der Waals surface area contributed by atoms with E-state index in [0.29, 0.717) is 12.2 Å². The number of nitrogens with zero attached hydrogens (tertiary/aromatic N) is 4. The lowest BCUT2D eigenvalue weighted by molar-refractivity contribution is -0.117. The Hall–Kier alpha value is -3.19. The fraction of sp³-hybridized carbons (Fsp3) is 0.182. The second-order valence-corrected chi connectivity index (χ2v) is 7.62. The number of para-hydroxylation sites is 1. The molecule has 1 amide bonds. The Bertz CT molecular complexity index is 1160. The molecule has 29 heavy (non-hydrogen) atoms. The number of carbonyl (C=O) groups excluding carboxylic acids is 1. The van der Waals surface area contributed by atoms with Crippen LogP contribution in [0.25, 0.3) is 33.5 Å². The number of thioether (sulfide) groups is 1. The summed E-state index contributed by atoms with van der Waals surface area (Å²) in [4.78, 5) is 15.9. The van der Waals surface area contributed by atoms with Gasteiger partial charge in [0.1, 0.15) is 0 Å². The van der Waals surface area contributed by atoms with Crippen molar-refractivity contribution < 1.29 is 4.79 Å². The van der Waals surface area contributed by atoms with Crippen LogP contribution in [0.1, 0.15) is 13.3 Å². The van der Waals surface area contributed by atoms with Crippen molar-refractivity contribution in [3.63, 3.8) is 0 Å². The Balaban J connectivity index is 1.83. The van der Waals surface area contributed by atoms with Gasteiger partial charge in [-0.2, -0.15) is 0 Å². The quantitative estimate of drug-likeness (QED) is 0.469. The summed E-state index contributed by atoms with van der Waals surface area (Å²) in [5, 5.41) is 10.7. The molecule has 7 heteroatoms. The van der Waals surface area contributed by atoms with Crippen molar-refractivity contribution in [1.29, 1.82) is 0 Å². The van der Waals surface area contributed by atoms with Crippen LogP contribution in [0.3, 0.4) is 0 Å². The van der Waals surface area contributed by atoms with Gasteiger partial charge in [0, 0.05) is 35.2 Å². The van der Waals surface area contributed by atoms with E-state index >= 15 is 0 Å². The first-order valence-electron chi connectivity index (χ1n) is 9.47. The number of primary amides is 1. The topological polar surface area (TPSA) is 86.7 Å². The molecule has 4 rings (SSSR count). The number of fused-ring (bicyclic) bond motifs is 1. The largest absolute Gasteiger partial charge is 0.370 e. The molecule has 0 bridgehead atoms. The number of benzene rings is 2. The Kier molecular flexibility index (Phi) is 5.57. The van der Waals surface area contributed by atoms with Crippen molar-refractivity contribution in [2.24, 2.45) is 5.73 Å². The maximum atomic E-state index is 11.0. The summed E-state index contributed by atoms with van der Waals surface area (Å²) < 4.78 is 2.07. The molecular weight excluding hydrogens is 382 g/mol. The van der Waals surface area contributed by atoms with E-state index in [9.17, 15) is 4.79 Å². The van der Waals surface area contributed by atoms with E-state index < -0.39 is 0 Å². The molecule has 0 aliphatic carbocycles. The van der Waals surface area contributed by atoms with Gasteiger partial charge in [-0.05, 0) is 19.1 Å². The smallest absolute Gasteiger partial charge is 0.218 e. The molecule has 0 radical (unpaired) electrons. The van der Waals surface area contributed by atoms with Gasteiger partial charge in [0.25, 0.3) is 0 Å². The van der Waals surface area contributed by atoms with Gasteiger partial charge >= 0.3 is 0 Å². The highest BCUT2D eigenvalue weighted by atomic mass is 32.2. The highest BCUT2D eigenvalue weighted by Gasteiger charge is 2.17. The first-order chi connectivity index (χ1) is 14.2. The minimum Gasteiger partial charge on any atom is -0.370 e. The van der Waals surface area contributed by atoms with Crippen LogP contribution in [-0.2, 0) is 11.3 Å². The zero-order valence-electron chi connectivity index (χ0n) is 16.1. The van der Waals surface area contributed by atoms with Crippen molar-refractivity contribution in [3.05, 3.63) is 60.7 Å². The SMILES string of the molecule is CCn1c(SCCC(N)=O)nnc1-c1cc(-c2ccccc2)nc2ccccc12.